The molecule has 1 amide bonds. The van der Waals surface area contributed by atoms with E-state index in [0.717, 1.165) is 22.3 Å². The van der Waals surface area contributed by atoms with Gasteiger partial charge in [-0.1, -0.05) is 24.3 Å². The van der Waals surface area contributed by atoms with Gasteiger partial charge in [-0.05, 0) is 29.3 Å². The first-order chi connectivity index (χ1) is 16.5. The van der Waals surface area contributed by atoms with E-state index in [2.05, 4.69) is 0 Å². The van der Waals surface area contributed by atoms with Crippen LogP contribution in [-0.2, 0) is 10.5 Å². The summed E-state index contributed by atoms with van der Waals surface area (Å²) < 4.78 is 29.4. The lowest BCUT2D eigenvalue weighted by Crippen LogP contribution is -2.66. The lowest BCUT2D eigenvalue weighted by atomic mass is 9.93. The van der Waals surface area contributed by atoms with Crippen LogP contribution in [-0.4, -0.2) is 61.4 Å². The van der Waals surface area contributed by atoms with Crippen molar-refractivity contribution in [3.63, 3.8) is 0 Å². The maximum Gasteiger partial charge on any atom is 0.276 e. The first kappa shape index (κ1) is 22.0. The molecule has 0 radical (unpaired) electrons. The molecule has 2 N–H and O–H groups in total. The van der Waals surface area contributed by atoms with Crippen molar-refractivity contribution < 1.29 is 23.8 Å². The van der Waals surface area contributed by atoms with Gasteiger partial charge in [0.1, 0.15) is 12.3 Å². The highest BCUT2D eigenvalue weighted by molar-refractivity contribution is 7.99. The fourth-order valence-electron chi connectivity index (χ4n) is 5.06. The predicted molar refractivity (Wildman–Crippen MR) is 126 cm³/mol. The minimum atomic E-state index is -1.29. The van der Waals surface area contributed by atoms with Gasteiger partial charge in [0, 0.05) is 40.5 Å². The Balaban J connectivity index is 1.61. The second kappa shape index (κ2) is 8.30. The van der Waals surface area contributed by atoms with Crippen LogP contribution in [0, 0.1) is 11.6 Å². The second-order valence-electron chi connectivity index (χ2n) is 8.46. The number of fused-ring (bicyclic) bond motifs is 4. The van der Waals surface area contributed by atoms with Gasteiger partial charge in [-0.3, -0.25) is 9.80 Å². The van der Waals surface area contributed by atoms with Crippen LogP contribution in [0.1, 0.15) is 22.7 Å². The van der Waals surface area contributed by atoms with Crippen LogP contribution in [0.4, 0.5) is 8.78 Å². The monoisotopic (exact) mass is 501 g/mol. The van der Waals surface area contributed by atoms with E-state index < -0.39 is 29.5 Å². The van der Waals surface area contributed by atoms with Gasteiger partial charge in [0.15, 0.2) is 23.1 Å². The van der Waals surface area contributed by atoms with Gasteiger partial charge in [0.05, 0.1) is 6.04 Å². The van der Waals surface area contributed by atoms with Crippen molar-refractivity contribution in [2.24, 2.45) is 0 Å². The van der Waals surface area contributed by atoms with Crippen LogP contribution in [0.2, 0.25) is 0 Å². The number of carbonyl (C=O) groups is 1. The Morgan fingerprint density at radius 2 is 1.91 bits per heavy atom. The van der Waals surface area contributed by atoms with Crippen LogP contribution in [0.5, 0.6) is 0 Å². The summed E-state index contributed by atoms with van der Waals surface area (Å²) >= 11 is 3.16. The van der Waals surface area contributed by atoms with E-state index in [0.29, 0.717) is 17.9 Å². The van der Waals surface area contributed by atoms with E-state index in [1.54, 1.807) is 33.9 Å². The Morgan fingerprint density at radius 1 is 1.09 bits per heavy atom. The summed E-state index contributed by atoms with van der Waals surface area (Å²) in [7, 11) is 0. The summed E-state index contributed by atoms with van der Waals surface area (Å²) in [6.45, 7) is 0.475. The summed E-state index contributed by atoms with van der Waals surface area (Å²) in [5, 5.41) is 24.5. The van der Waals surface area contributed by atoms with E-state index in [1.165, 1.54) is 17.8 Å². The summed E-state index contributed by atoms with van der Waals surface area (Å²) in [5.74, 6) is -0.917. The highest BCUT2D eigenvalue weighted by Gasteiger charge is 2.50. The molecule has 4 aliphatic rings. The fraction of sp³-hybridized carbons (Fsp3) is 0.292. The summed E-state index contributed by atoms with van der Waals surface area (Å²) in [4.78, 5) is 16.0. The van der Waals surface area contributed by atoms with Gasteiger partial charge >= 0.3 is 0 Å². The number of hydrogen-bond donors (Lipinski definition) is 2. The third-order valence-electron chi connectivity index (χ3n) is 6.66. The van der Waals surface area contributed by atoms with Gasteiger partial charge in [-0.2, -0.15) is 16.8 Å². The van der Waals surface area contributed by atoms with Crippen LogP contribution in [0.3, 0.4) is 0 Å². The average molecular weight is 502 g/mol. The molecule has 0 bridgehead atoms. The normalized spacial score (nSPS) is 26.6. The summed E-state index contributed by atoms with van der Waals surface area (Å²) in [5.41, 5.74) is 1.78. The minimum absolute atomic E-state index is 0.0170. The van der Waals surface area contributed by atoms with Crippen molar-refractivity contribution in [2.75, 3.05) is 18.1 Å². The number of aliphatic hydroxyl groups excluding tert-OH is 2. The molecule has 0 aliphatic carbocycles. The number of rotatable bonds is 1. The largest absolute Gasteiger partial charge is 0.507 e. The molecule has 2 aromatic carbocycles. The molecule has 4 heterocycles. The first-order valence-electron chi connectivity index (χ1n) is 10.9. The zero-order chi connectivity index (χ0) is 23.6. The number of benzene rings is 2. The van der Waals surface area contributed by atoms with Gasteiger partial charge < -0.3 is 15.1 Å². The Hall–Kier alpha value is -2.53. The molecule has 10 heteroatoms. The zero-order valence-electron chi connectivity index (χ0n) is 17.9. The van der Waals surface area contributed by atoms with Crippen molar-refractivity contribution >= 4 is 29.4 Å². The molecule has 6 nitrogen and oxygen atoms in total. The highest BCUT2D eigenvalue weighted by Crippen LogP contribution is 2.48. The van der Waals surface area contributed by atoms with Gasteiger partial charge in [0.2, 0.25) is 0 Å². The molecular formula is C24H21F2N3O3S2. The number of halogens is 2. The number of thioether (sulfide) groups is 2. The molecule has 2 fully saturated rings. The van der Waals surface area contributed by atoms with Crippen molar-refractivity contribution in [1.82, 2.24) is 14.9 Å². The van der Waals surface area contributed by atoms with E-state index in [4.69, 9.17) is 0 Å². The number of hydrazine groups is 1. The SMILES string of the molecule is O=C1C2=C(O)C(O)C=CN2N([C@H]2c3ccccc3SCc3c2ccc(F)c3F)[C@@H]2CSCCN12. The standard InChI is InChI=1S/C24H21F2N3O3S2/c25-16-6-5-13-15(20(16)26)11-34-18-4-2-1-3-14(18)21(13)29-19-12-33-10-9-27(19)24(32)22-23(31)17(30)7-8-28(22)29/h1-8,17,19,21,30-31H,9-12H2/t17?,19-,21-/m1/s1. The smallest absolute Gasteiger partial charge is 0.276 e. The Bertz CT molecular complexity index is 1250. The Labute approximate surface area is 203 Å². The van der Waals surface area contributed by atoms with Crippen molar-refractivity contribution in [3.8, 4) is 0 Å². The number of hydrogen-bond acceptors (Lipinski definition) is 7. The predicted octanol–water partition coefficient (Wildman–Crippen LogP) is 3.75. The first-order valence-corrected chi connectivity index (χ1v) is 13.1. The van der Waals surface area contributed by atoms with Crippen molar-refractivity contribution in [1.29, 1.82) is 0 Å². The summed E-state index contributed by atoms with van der Waals surface area (Å²) in [6, 6.07) is 9.94. The van der Waals surface area contributed by atoms with Crippen molar-refractivity contribution in [3.05, 3.63) is 88.5 Å². The van der Waals surface area contributed by atoms with Gasteiger partial charge in [-0.15, -0.1) is 11.8 Å². The molecule has 0 spiro atoms. The topological polar surface area (TPSA) is 67.2 Å². The van der Waals surface area contributed by atoms with E-state index in [9.17, 15) is 19.4 Å². The molecular weight excluding hydrogens is 480 g/mol. The minimum Gasteiger partial charge on any atom is -0.507 e. The molecule has 2 aromatic rings. The van der Waals surface area contributed by atoms with Crippen molar-refractivity contribution in [2.45, 2.75) is 29.0 Å². The van der Waals surface area contributed by atoms with Crippen LogP contribution in [0.25, 0.3) is 0 Å². The van der Waals surface area contributed by atoms with E-state index in [-0.39, 0.29) is 29.1 Å². The molecule has 3 atom stereocenters. The highest BCUT2D eigenvalue weighted by atomic mass is 32.2. The number of amides is 1. The molecule has 176 valence electrons. The average Bonchev–Trinajstić information content (AvgIpc) is 3.01. The summed E-state index contributed by atoms with van der Waals surface area (Å²) in [6.07, 6.45) is 1.32. The van der Waals surface area contributed by atoms with E-state index in [1.807, 2.05) is 29.3 Å². The fourth-order valence-corrected chi connectivity index (χ4v) is 7.21. The second-order valence-corrected chi connectivity index (χ2v) is 10.6. The Morgan fingerprint density at radius 3 is 2.76 bits per heavy atom. The molecule has 2 saturated heterocycles. The molecule has 6 rings (SSSR count). The lowest BCUT2D eigenvalue weighted by molar-refractivity contribution is -0.163. The third-order valence-corrected chi connectivity index (χ3v) is 8.78. The molecule has 34 heavy (non-hydrogen) atoms. The number of nitrogens with zero attached hydrogens (tertiary/aromatic N) is 3. The lowest BCUT2D eigenvalue weighted by Gasteiger charge is -2.55. The van der Waals surface area contributed by atoms with E-state index >= 15 is 4.39 Å². The van der Waals surface area contributed by atoms with Gasteiger partial charge in [0.25, 0.3) is 5.91 Å². The van der Waals surface area contributed by atoms with Crippen LogP contribution in [0.15, 0.2) is 65.0 Å². The molecule has 0 saturated carbocycles. The maximum atomic E-state index is 15.1. The van der Waals surface area contributed by atoms with Crippen LogP contribution >= 0.6 is 23.5 Å². The molecule has 4 aliphatic heterocycles. The van der Waals surface area contributed by atoms with Gasteiger partial charge in [-0.25, -0.2) is 8.78 Å². The number of carbonyl (C=O) groups excluding carboxylic acids is 1. The molecule has 1 unspecified atom stereocenters. The van der Waals surface area contributed by atoms with Crippen LogP contribution < -0.4 is 0 Å². The Kier molecular flexibility index (Phi) is 5.36. The molecule has 0 aromatic heterocycles. The maximum absolute atomic E-state index is 15.1. The number of aliphatic hydroxyl groups is 2. The zero-order valence-corrected chi connectivity index (χ0v) is 19.5. The third kappa shape index (κ3) is 3.19. The quantitative estimate of drug-likeness (QED) is 0.617.